The number of hydrogen-bond donors (Lipinski definition) is 1. The fourth-order valence-corrected chi connectivity index (χ4v) is 3.52. The van der Waals surface area contributed by atoms with E-state index in [1.54, 1.807) is 18.2 Å². The van der Waals surface area contributed by atoms with Crippen molar-refractivity contribution in [1.82, 2.24) is 0 Å². The molecule has 0 unspecified atom stereocenters. The molecule has 0 fully saturated rings. The SMILES string of the molecule is O=C(Nc1ccc(Cl)cc1Br)c1cc(Cl)sc1Cl. The summed E-state index contributed by atoms with van der Waals surface area (Å²) in [7, 11) is 0. The van der Waals surface area contributed by atoms with Crippen molar-refractivity contribution in [2.24, 2.45) is 0 Å². The third-order valence-electron chi connectivity index (χ3n) is 2.08. The highest BCUT2D eigenvalue weighted by atomic mass is 79.9. The van der Waals surface area contributed by atoms with Crippen LogP contribution < -0.4 is 5.32 Å². The minimum absolute atomic E-state index is 0.314. The summed E-state index contributed by atoms with van der Waals surface area (Å²) in [5.74, 6) is -0.314. The van der Waals surface area contributed by atoms with E-state index in [2.05, 4.69) is 21.2 Å². The molecule has 94 valence electrons. The highest BCUT2D eigenvalue weighted by Crippen LogP contribution is 2.32. The number of halogens is 4. The van der Waals surface area contributed by atoms with Crippen molar-refractivity contribution in [3.05, 3.63) is 48.0 Å². The van der Waals surface area contributed by atoms with Crippen molar-refractivity contribution >= 4 is 73.7 Å². The molecule has 1 heterocycles. The van der Waals surface area contributed by atoms with E-state index in [0.717, 1.165) is 11.3 Å². The van der Waals surface area contributed by atoms with Crippen molar-refractivity contribution < 1.29 is 4.79 Å². The number of nitrogens with one attached hydrogen (secondary N) is 1. The molecule has 18 heavy (non-hydrogen) atoms. The van der Waals surface area contributed by atoms with Crippen LogP contribution in [0.5, 0.6) is 0 Å². The van der Waals surface area contributed by atoms with Gasteiger partial charge >= 0.3 is 0 Å². The van der Waals surface area contributed by atoms with Gasteiger partial charge in [-0.2, -0.15) is 0 Å². The van der Waals surface area contributed by atoms with E-state index in [-0.39, 0.29) is 5.91 Å². The first-order valence-corrected chi connectivity index (χ1v) is 7.43. The first-order chi connectivity index (χ1) is 8.47. The van der Waals surface area contributed by atoms with Gasteiger partial charge < -0.3 is 5.32 Å². The second kappa shape index (κ2) is 5.80. The summed E-state index contributed by atoms with van der Waals surface area (Å²) < 4.78 is 1.53. The van der Waals surface area contributed by atoms with E-state index in [4.69, 9.17) is 34.8 Å². The molecule has 1 aromatic carbocycles. The van der Waals surface area contributed by atoms with Crippen molar-refractivity contribution in [2.45, 2.75) is 0 Å². The largest absolute Gasteiger partial charge is 0.321 e. The molecular formula is C11H5BrCl3NOS. The summed E-state index contributed by atoms with van der Waals surface area (Å²) in [6.45, 7) is 0. The van der Waals surface area contributed by atoms with Gasteiger partial charge in [0.1, 0.15) is 4.34 Å². The number of benzene rings is 1. The molecule has 7 heteroatoms. The zero-order valence-corrected chi connectivity index (χ0v) is 13.3. The second-order valence-electron chi connectivity index (χ2n) is 3.32. The van der Waals surface area contributed by atoms with Gasteiger partial charge in [-0.1, -0.05) is 34.8 Å². The zero-order valence-electron chi connectivity index (χ0n) is 8.64. The van der Waals surface area contributed by atoms with Crippen molar-refractivity contribution in [3.63, 3.8) is 0 Å². The van der Waals surface area contributed by atoms with E-state index >= 15 is 0 Å². The molecule has 2 aromatic rings. The predicted octanol–water partition coefficient (Wildman–Crippen LogP) is 5.72. The quantitative estimate of drug-likeness (QED) is 0.703. The maximum absolute atomic E-state index is 12.0. The van der Waals surface area contributed by atoms with Gasteiger partial charge in [-0.05, 0) is 40.2 Å². The lowest BCUT2D eigenvalue weighted by molar-refractivity contribution is 0.102. The first kappa shape index (κ1) is 14.2. The van der Waals surface area contributed by atoms with E-state index < -0.39 is 0 Å². The minimum atomic E-state index is -0.314. The molecule has 0 aliphatic carbocycles. The van der Waals surface area contributed by atoms with E-state index in [9.17, 15) is 4.79 Å². The topological polar surface area (TPSA) is 29.1 Å². The summed E-state index contributed by atoms with van der Waals surface area (Å²) >= 11 is 22.0. The lowest BCUT2D eigenvalue weighted by Crippen LogP contribution is -2.11. The maximum atomic E-state index is 12.0. The number of thiophene rings is 1. The first-order valence-electron chi connectivity index (χ1n) is 4.68. The maximum Gasteiger partial charge on any atom is 0.258 e. The van der Waals surface area contributed by atoms with Gasteiger partial charge in [0.15, 0.2) is 0 Å². The Bertz CT molecular complexity index is 614. The molecule has 2 rings (SSSR count). The van der Waals surface area contributed by atoms with Crippen LogP contribution >= 0.6 is 62.1 Å². The minimum Gasteiger partial charge on any atom is -0.321 e. The van der Waals surface area contributed by atoms with Crippen LogP contribution in [0.3, 0.4) is 0 Å². The molecule has 0 aliphatic heterocycles. The lowest BCUT2D eigenvalue weighted by Gasteiger charge is -2.06. The number of carbonyl (C=O) groups excluding carboxylic acids is 1. The number of amides is 1. The molecule has 0 radical (unpaired) electrons. The fourth-order valence-electron chi connectivity index (χ4n) is 1.28. The Balaban J connectivity index is 2.24. The van der Waals surface area contributed by atoms with Gasteiger partial charge in [-0.25, -0.2) is 0 Å². The number of anilines is 1. The van der Waals surface area contributed by atoms with Crippen LogP contribution in [-0.2, 0) is 0 Å². The molecule has 1 N–H and O–H groups in total. The third kappa shape index (κ3) is 3.19. The van der Waals surface area contributed by atoms with Crippen molar-refractivity contribution in [1.29, 1.82) is 0 Å². The van der Waals surface area contributed by atoms with Gasteiger partial charge in [-0.15, -0.1) is 11.3 Å². The average molecular weight is 385 g/mol. The smallest absolute Gasteiger partial charge is 0.258 e. The zero-order chi connectivity index (χ0) is 13.3. The molecular weight excluding hydrogens is 380 g/mol. The van der Waals surface area contributed by atoms with Gasteiger partial charge in [-0.3, -0.25) is 4.79 Å². The molecule has 0 atom stereocenters. The highest BCUT2D eigenvalue weighted by molar-refractivity contribution is 9.10. The van der Waals surface area contributed by atoms with Crippen LogP contribution in [0.25, 0.3) is 0 Å². The Hall–Kier alpha value is -0.260. The standard InChI is InChI=1S/C11H5BrCl3NOS/c12-7-3-5(13)1-2-8(7)16-11(17)6-4-9(14)18-10(6)15/h1-4H,(H,16,17). The Morgan fingerprint density at radius 3 is 2.50 bits per heavy atom. The third-order valence-corrected chi connectivity index (χ3v) is 4.46. The molecule has 2 nitrogen and oxygen atoms in total. The van der Waals surface area contributed by atoms with Gasteiger partial charge in [0.25, 0.3) is 5.91 Å². The van der Waals surface area contributed by atoms with Crippen LogP contribution in [0.4, 0.5) is 5.69 Å². The molecule has 1 amide bonds. The monoisotopic (exact) mass is 383 g/mol. The molecule has 0 bridgehead atoms. The number of carbonyl (C=O) groups is 1. The molecule has 0 saturated heterocycles. The Labute approximate surface area is 131 Å². The summed E-state index contributed by atoms with van der Waals surface area (Å²) in [6.07, 6.45) is 0. The Kier molecular flexibility index (Phi) is 4.56. The summed E-state index contributed by atoms with van der Waals surface area (Å²) in [5.41, 5.74) is 0.969. The molecule has 1 aromatic heterocycles. The number of rotatable bonds is 2. The normalized spacial score (nSPS) is 10.4. The van der Waals surface area contributed by atoms with E-state index in [1.807, 2.05) is 0 Å². The van der Waals surface area contributed by atoms with Gasteiger partial charge in [0.05, 0.1) is 15.6 Å². The van der Waals surface area contributed by atoms with Gasteiger partial charge in [0, 0.05) is 9.50 Å². The van der Waals surface area contributed by atoms with Crippen LogP contribution in [0, 0.1) is 0 Å². The van der Waals surface area contributed by atoms with Crippen LogP contribution in [-0.4, -0.2) is 5.91 Å². The average Bonchev–Trinajstić information content (AvgIpc) is 2.62. The van der Waals surface area contributed by atoms with E-state index in [1.165, 1.54) is 6.07 Å². The Morgan fingerprint density at radius 2 is 1.94 bits per heavy atom. The summed E-state index contributed by atoms with van der Waals surface area (Å²) in [6, 6.07) is 6.61. The van der Waals surface area contributed by atoms with Crippen LogP contribution in [0.1, 0.15) is 10.4 Å². The van der Waals surface area contributed by atoms with Crippen LogP contribution in [0.2, 0.25) is 13.7 Å². The van der Waals surface area contributed by atoms with E-state index in [0.29, 0.717) is 29.4 Å². The van der Waals surface area contributed by atoms with Crippen molar-refractivity contribution in [3.8, 4) is 0 Å². The molecule has 0 spiro atoms. The highest BCUT2D eigenvalue weighted by Gasteiger charge is 2.15. The molecule has 0 aliphatic rings. The van der Waals surface area contributed by atoms with Crippen LogP contribution in [0.15, 0.2) is 28.7 Å². The lowest BCUT2D eigenvalue weighted by atomic mass is 10.3. The number of hydrogen-bond acceptors (Lipinski definition) is 2. The van der Waals surface area contributed by atoms with Gasteiger partial charge in [0.2, 0.25) is 0 Å². The van der Waals surface area contributed by atoms with Crippen molar-refractivity contribution in [2.75, 3.05) is 5.32 Å². The second-order valence-corrected chi connectivity index (χ2v) is 6.89. The summed E-state index contributed by atoms with van der Waals surface area (Å²) in [4.78, 5) is 12.0. The Morgan fingerprint density at radius 1 is 1.22 bits per heavy atom. The predicted molar refractivity (Wildman–Crippen MR) is 81.4 cm³/mol. The molecule has 0 saturated carbocycles. The summed E-state index contributed by atoms with van der Waals surface area (Å²) in [5, 5.41) is 3.31. The fraction of sp³-hybridized carbons (Fsp3) is 0.